The van der Waals surface area contributed by atoms with Gasteiger partial charge in [0, 0.05) is 24.7 Å². The van der Waals surface area contributed by atoms with Crippen LogP contribution in [0.5, 0.6) is 0 Å². The van der Waals surface area contributed by atoms with Crippen molar-refractivity contribution in [2.75, 3.05) is 6.61 Å². The molecule has 0 radical (unpaired) electrons. The number of imidazole rings is 1. The average molecular weight is 585 g/mol. The Morgan fingerprint density at radius 1 is 1.00 bits per heavy atom. The molecule has 5 aromatic rings. The Balaban J connectivity index is 1.63. The molecule has 0 N–H and O–H groups in total. The van der Waals surface area contributed by atoms with Gasteiger partial charge in [-0.05, 0) is 48.4 Å². The van der Waals surface area contributed by atoms with Crippen molar-refractivity contribution < 1.29 is 9.53 Å². The number of fused-ring (bicyclic) bond motifs is 2. The molecule has 8 nitrogen and oxygen atoms in total. The number of thiazole rings is 1. The third kappa shape index (κ3) is 4.57. The zero-order chi connectivity index (χ0) is 28.8. The molecule has 206 valence electrons. The molecule has 3 aromatic carbocycles. The third-order valence-electron chi connectivity index (χ3n) is 7.15. The van der Waals surface area contributed by atoms with Crippen molar-refractivity contribution in [3.05, 3.63) is 130 Å². The number of hydrogen-bond acceptors (Lipinski definition) is 6. The van der Waals surface area contributed by atoms with Gasteiger partial charge in [-0.25, -0.2) is 14.6 Å². The summed E-state index contributed by atoms with van der Waals surface area (Å²) < 4.78 is 10.7. The van der Waals surface area contributed by atoms with E-state index < -0.39 is 12.0 Å². The highest BCUT2D eigenvalue weighted by molar-refractivity contribution is 7.07. The number of esters is 1. The Labute approximate surface area is 243 Å². The van der Waals surface area contributed by atoms with E-state index in [4.69, 9.17) is 21.3 Å². The quantitative estimate of drug-likeness (QED) is 0.294. The molecule has 1 aliphatic rings. The van der Waals surface area contributed by atoms with Crippen LogP contribution in [0.1, 0.15) is 29.7 Å². The van der Waals surface area contributed by atoms with Crippen LogP contribution in [-0.4, -0.2) is 26.3 Å². The number of carbonyl (C=O) groups excluding carboxylic acids is 1. The maximum Gasteiger partial charge on any atom is 0.338 e. The van der Waals surface area contributed by atoms with E-state index in [0.717, 1.165) is 22.2 Å². The van der Waals surface area contributed by atoms with Gasteiger partial charge in [-0.15, -0.1) is 0 Å². The minimum absolute atomic E-state index is 0.126. The lowest BCUT2D eigenvalue weighted by molar-refractivity contribution is -0.138. The van der Waals surface area contributed by atoms with Crippen LogP contribution < -0.4 is 20.6 Å². The van der Waals surface area contributed by atoms with Crippen molar-refractivity contribution in [2.24, 2.45) is 19.1 Å². The molecule has 3 heterocycles. The number of aryl methyl sites for hydroxylation is 2. The largest absolute Gasteiger partial charge is 0.463 e. The lowest BCUT2D eigenvalue weighted by Gasteiger charge is -2.25. The molecule has 0 amide bonds. The zero-order valence-corrected chi connectivity index (χ0v) is 24.1. The molecule has 0 aliphatic carbocycles. The van der Waals surface area contributed by atoms with E-state index in [1.807, 2.05) is 48.5 Å². The van der Waals surface area contributed by atoms with Crippen molar-refractivity contribution >= 4 is 51.7 Å². The van der Waals surface area contributed by atoms with Crippen LogP contribution in [0, 0.1) is 0 Å². The van der Waals surface area contributed by atoms with Crippen LogP contribution in [0.3, 0.4) is 0 Å². The molecule has 0 saturated carbocycles. The molecular weight excluding hydrogens is 560 g/mol. The Hall–Kier alpha value is -4.47. The van der Waals surface area contributed by atoms with Crippen molar-refractivity contribution in [3.63, 3.8) is 0 Å². The molecule has 10 heteroatoms. The second-order valence-electron chi connectivity index (χ2n) is 9.63. The summed E-state index contributed by atoms with van der Waals surface area (Å²) in [5.74, 6) is -0.542. The molecule has 0 spiro atoms. The first-order chi connectivity index (χ1) is 19.8. The molecule has 0 fully saturated rings. The fraction of sp³-hybridized carbons (Fsp3) is 0.161. The van der Waals surface area contributed by atoms with Gasteiger partial charge in [-0.3, -0.25) is 18.5 Å². The van der Waals surface area contributed by atoms with Gasteiger partial charge in [0.15, 0.2) is 4.80 Å². The summed E-state index contributed by atoms with van der Waals surface area (Å²) in [7, 11) is 3.45. The van der Waals surface area contributed by atoms with Crippen LogP contribution >= 0.6 is 22.9 Å². The van der Waals surface area contributed by atoms with Crippen LogP contribution in [0.25, 0.3) is 22.8 Å². The lowest BCUT2D eigenvalue weighted by Crippen LogP contribution is -2.40. The van der Waals surface area contributed by atoms with Gasteiger partial charge in [0.1, 0.15) is 0 Å². The lowest BCUT2D eigenvalue weighted by atomic mass is 9.93. The van der Waals surface area contributed by atoms with Crippen molar-refractivity contribution in [1.82, 2.24) is 13.7 Å². The fourth-order valence-corrected chi connectivity index (χ4v) is 6.29. The topological polar surface area (TPSA) is 87.6 Å². The molecule has 0 unspecified atom stereocenters. The van der Waals surface area contributed by atoms with E-state index in [0.29, 0.717) is 25.6 Å². The number of halogens is 1. The molecule has 6 rings (SSSR count). The molecular formula is C31H25ClN4O4S. The highest BCUT2D eigenvalue weighted by Gasteiger charge is 2.35. The van der Waals surface area contributed by atoms with Gasteiger partial charge in [-0.1, -0.05) is 71.5 Å². The normalized spacial score (nSPS) is 15.2. The number of nitrogens with zero attached hydrogens (tertiary/aromatic N) is 4. The van der Waals surface area contributed by atoms with E-state index in [9.17, 15) is 14.4 Å². The summed E-state index contributed by atoms with van der Waals surface area (Å²) in [5.41, 5.74) is 4.08. The van der Waals surface area contributed by atoms with Crippen LogP contribution in [0.4, 0.5) is 0 Å². The van der Waals surface area contributed by atoms with E-state index in [1.54, 1.807) is 65.1 Å². The number of benzene rings is 3. The third-order valence-corrected chi connectivity index (χ3v) is 8.39. The average Bonchev–Trinajstić information content (AvgIpc) is 3.40. The second kappa shape index (κ2) is 10.5. The van der Waals surface area contributed by atoms with E-state index in [-0.39, 0.29) is 23.4 Å². The molecule has 41 heavy (non-hydrogen) atoms. The standard InChI is InChI=1S/C31H25ClN4O4S/c1-4-40-29(38)25-26(19-8-6-5-7-9-19)33-30-36(27(25)20-11-13-21(32)14-12-20)28(37)24(41-30)17-18-10-15-22-23(16-18)35(3)31(39)34(22)2/h5-17,27H,4H2,1-3H3/b24-17+/t27-/m0/s1. The summed E-state index contributed by atoms with van der Waals surface area (Å²) in [6.07, 6.45) is 1.79. The van der Waals surface area contributed by atoms with E-state index >= 15 is 0 Å². The number of hydrogen-bond donors (Lipinski definition) is 0. The summed E-state index contributed by atoms with van der Waals surface area (Å²) in [4.78, 5) is 45.3. The zero-order valence-electron chi connectivity index (χ0n) is 22.5. The molecule has 0 bridgehead atoms. The van der Waals surface area contributed by atoms with E-state index in [2.05, 4.69) is 0 Å². The predicted octanol–water partition coefficient (Wildman–Crippen LogP) is 3.78. The molecule has 1 atom stereocenters. The van der Waals surface area contributed by atoms with Gasteiger partial charge in [0.25, 0.3) is 5.56 Å². The van der Waals surface area contributed by atoms with Gasteiger partial charge >= 0.3 is 11.7 Å². The van der Waals surface area contributed by atoms with E-state index in [1.165, 1.54) is 11.3 Å². The van der Waals surface area contributed by atoms with Gasteiger partial charge in [-0.2, -0.15) is 0 Å². The highest BCUT2D eigenvalue weighted by atomic mass is 35.5. The Morgan fingerprint density at radius 2 is 1.71 bits per heavy atom. The van der Waals surface area contributed by atoms with Gasteiger partial charge in [0.05, 0.1) is 39.5 Å². The monoisotopic (exact) mass is 584 g/mol. The first-order valence-corrected chi connectivity index (χ1v) is 14.2. The molecule has 0 saturated heterocycles. The SMILES string of the molecule is CCOC(=O)C1=C(c2ccccc2)N=c2s/c(=C/c3ccc4c(c3)n(C)c(=O)n4C)c(=O)n2[C@H]1c1ccc(Cl)cc1. The smallest absolute Gasteiger partial charge is 0.338 e. The minimum Gasteiger partial charge on any atom is -0.463 e. The Morgan fingerprint density at radius 3 is 2.41 bits per heavy atom. The molecule has 1 aliphatic heterocycles. The maximum absolute atomic E-state index is 14.0. The summed E-state index contributed by atoms with van der Waals surface area (Å²) in [6.45, 7) is 1.92. The first kappa shape index (κ1) is 26.7. The van der Waals surface area contributed by atoms with Gasteiger partial charge in [0.2, 0.25) is 0 Å². The van der Waals surface area contributed by atoms with Crippen molar-refractivity contribution in [3.8, 4) is 0 Å². The minimum atomic E-state index is -0.780. The summed E-state index contributed by atoms with van der Waals surface area (Å²) in [6, 6.07) is 21.3. The predicted molar refractivity (Wildman–Crippen MR) is 161 cm³/mol. The number of ether oxygens (including phenoxy) is 1. The fourth-order valence-electron chi connectivity index (χ4n) is 5.17. The highest BCUT2D eigenvalue weighted by Crippen LogP contribution is 2.35. The Bertz CT molecular complexity index is 2100. The van der Waals surface area contributed by atoms with Crippen LogP contribution in [0.2, 0.25) is 5.02 Å². The van der Waals surface area contributed by atoms with Crippen molar-refractivity contribution in [1.29, 1.82) is 0 Å². The summed E-state index contributed by atoms with van der Waals surface area (Å²) in [5, 5.41) is 0.539. The second-order valence-corrected chi connectivity index (χ2v) is 11.1. The number of aromatic nitrogens is 3. The maximum atomic E-state index is 14.0. The van der Waals surface area contributed by atoms with Crippen LogP contribution in [0.15, 0.2) is 93.0 Å². The molecule has 2 aromatic heterocycles. The van der Waals surface area contributed by atoms with Gasteiger partial charge < -0.3 is 4.74 Å². The number of rotatable bonds is 5. The van der Waals surface area contributed by atoms with Crippen LogP contribution in [-0.2, 0) is 23.6 Å². The van der Waals surface area contributed by atoms with Crippen molar-refractivity contribution in [2.45, 2.75) is 13.0 Å². The number of carbonyl (C=O) groups is 1. The summed E-state index contributed by atoms with van der Waals surface area (Å²) >= 11 is 7.44. The first-order valence-electron chi connectivity index (χ1n) is 13.0. The Kier molecular flexibility index (Phi) is 6.84.